The zero-order valence-corrected chi connectivity index (χ0v) is 21.5. The molecule has 1 saturated heterocycles. The molecule has 0 unspecified atom stereocenters. The Balaban J connectivity index is 1.48. The van der Waals surface area contributed by atoms with Gasteiger partial charge >= 0.3 is 0 Å². The minimum Gasteiger partial charge on any atom is -0.395 e. The summed E-state index contributed by atoms with van der Waals surface area (Å²) in [5.41, 5.74) is 3.23. The summed E-state index contributed by atoms with van der Waals surface area (Å²) < 4.78 is 16.3. The molecule has 1 aliphatic heterocycles. The van der Waals surface area contributed by atoms with E-state index in [1.54, 1.807) is 18.0 Å². The van der Waals surface area contributed by atoms with Crippen LogP contribution in [0.25, 0.3) is 16.6 Å². The molecule has 1 amide bonds. The molecule has 2 aromatic heterocycles. The second-order valence-corrected chi connectivity index (χ2v) is 10.7. The predicted octanol–water partition coefficient (Wildman–Crippen LogP) is 5.13. The first-order valence-corrected chi connectivity index (χ1v) is 13.3. The highest BCUT2D eigenvalue weighted by Crippen LogP contribution is 2.41. The van der Waals surface area contributed by atoms with Crippen molar-refractivity contribution < 1.29 is 14.3 Å². The van der Waals surface area contributed by atoms with E-state index in [-0.39, 0.29) is 18.6 Å². The van der Waals surface area contributed by atoms with Gasteiger partial charge in [0.15, 0.2) is 0 Å². The largest absolute Gasteiger partial charge is 0.395 e. The number of nitrogens with zero attached hydrogens (tertiary/aromatic N) is 4. The van der Waals surface area contributed by atoms with Crippen molar-refractivity contribution in [1.29, 1.82) is 0 Å². The van der Waals surface area contributed by atoms with E-state index in [0.717, 1.165) is 49.6 Å². The van der Waals surface area contributed by atoms with Gasteiger partial charge in [0.2, 0.25) is 0 Å². The molecule has 6 nitrogen and oxygen atoms in total. The average Bonchev–Trinajstić information content (AvgIpc) is 3.53. The Morgan fingerprint density at radius 3 is 2.69 bits per heavy atom. The summed E-state index contributed by atoms with van der Waals surface area (Å²) in [4.78, 5) is 21.8. The monoisotopic (exact) mass is 492 g/mol. The molecule has 2 fully saturated rings. The van der Waals surface area contributed by atoms with E-state index in [4.69, 9.17) is 0 Å². The summed E-state index contributed by atoms with van der Waals surface area (Å²) in [5.74, 6) is -0.202. The number of amides is 1. The molecule has 192 valence electrons. The third-order valence-corrected chi connectivity index (χ3v) is 8.42. The molecule has 3 aromatic rings. The number of fused-ring (bicyclic) bond motifs is 1. The van der Waals surface area contributed by atoms with Crippen LogP contribution in [-0.2, 0) is 0 Å². The van der Waals surface area contributed by atoms with Crippen molar-refractivity contribution in [3.63, 3.8) is 0 Å². The van der Waals surface area contributed by atoms with Gasteiger partial charge in [0, 0.05) is 43.0 Å². The van der Waals surface area contributed by atoms with Crippen LogP contribution in [0.3, 0.4) is 0 Å². The van der Waals surface area contributed by atoms with Crippen LogP contribution < -0.4 is 0 Å². The molecule has 0 spiro atoms. The Hall–Kier alpha value is -2.77. The van der Waals surface area contributed by atoms with Crippen molar-refractivity contribution in [3.05, 3.63) is 59.8 Å². The molecule has 1 saturated carbocycles. The number of pyridine rings is 1. The van der Waals surface area contributed by atoms with E-state index in [1.807, 2.05) is 30.8 Å². The summed E-state index contributed by atoms with van der Waals surface area (Å²) in [5, 5.41) is 10.9. The van der Waals surface area contributed by atoms with Gasteiger partial charge in [-0.3, -0.25) is 14.7 Å². The first-order valence-electron chi connectivity index (χ1n) is 13.3. The van der Waals surface area contributed by atoms with Crippen molar-refractivity contribution in [1.82, 2.24) is 19.4 Å². The maximum absolute atomic E-state index is 14.3. The van der Waals surface area contributed by atoms with Crippen molar-refractivity contribution in [3.8, 4) is 5.69 Å². The number of halogens is 1. The quantitative estimate of drug-likeness (QED) is 0.518. The maximum Gasteiger partial charge on any atom is 0.256 e. The number of carbonyl (C=O) groups is 1. The number of hydrogen-bond donors (Lipinski definition) is 1. The van der Waals surface area contributed by atoms with E-state index in [1.165, 1.54) is 24.1 Å². The number of benzene rings is 1. The fourth-order valence-corrected chi connectivity index (χ4v) is 6.19. The highest BCUT2D eigenvalue weighted by molar-refractivity contribution is 5.99. The normalized spacial score (nSPS) is 23.0. The molecule has 1 aliphatic carbocycles. The number of rotatable bonds is 6. The number of carbonyl (C=O) groups excluding carboxylic acids is 1. The summed E-state index contributed by atoms with van der Waals surface area (Å²) in [7, 11) is 1.75. The molecule has 5 rings (SSSR count). The van der Waals surface area contributed by atoms with Gasteiger partial charge in [-0.2, -0.15) is 0 Å². The lowest BCUT2D eigenvalue weighted by Gasteiger charge is -2.37. The first kappa shape index (κ1) is 24.9. The minimum atomic E-state index is -0.421. The lowest BCUT2D eigenvalue weighted by atomic mass is 9.81. The molecule has 2 aliphatic rings. The molecular formula is C29H37FN4O2. The molecule has 1 N–H and O–H groups in total. The molecule has 0 radical (unpaired) electrons. The Labute approximate surface area is 212 Å². The lowest BCUT2D eigenvalue weighted by Crippen LogP contribution is -2.42. The fraction of sp³-hybridized carbons (Fsp3) is 0.517. The van der Waals surface area contributed by atoms with Crippen LogP contribution in [0, 0.1) is 5.82 Å². The van der Waals surface area contributed by atoms with Crippen LogP contribution >= 0.6 is 0 Å². The Morgan fingerprint density at radius 2 is 1.97 bits per heavy atom. The second kappa shape index (κ2) is 10.3. The molecule has 0 bridgehead atoms. The van der Waals surface area contributed by atoms with Crippen LogP contribution in [-0.4, -0.2) is 68.7 Å². The van der Waals surface area contributed by atoms with Crippen molar-refractivity contribution >= 4 is 16.8 Å². The smallest absolute Gasteiger partial charge is 0.256 e. The van der Waals surface area contributed by atoms with E-state index < -0.39 is 5.82 Å². The number of aliphatic hydroxyl groups excluding tert-OH is 1. The van der Waals surface area contributed by atoms with Gasteiger partial charge in [-0.15, -0.1) is 0 Å². The van der Waals surface area contributed by atoms with Crippen molar-refractivity contribution in [2.45, 2.75) is 76.4 Å². The standard InChI is InChI=1S/C29H37FN4O2/c1-19(2)32(3)29(36)25-15-21(30)8-11-27(25)34-17-26(24-12-13-31-16-28(24)34)20-6-9-22(10-7-20)33-14-4-5-23(33)18-35/h8,11-13,15-17,19-20,22-23,35H,4-7,9-10,14,18H2,1-3H3/t20-,22+,23-/m1/s1. The Bertz CT molecular complexity index is 1230. The Morgan fingerprint density at radius 1 is 1.19 bits per heavy atom. The number of likely N-dealkylation sites (tertiary alicyclic amines) is 1. The van der Waals surface area contributed by atoms with Gasteiger partial charge in [0.25, 0.3) is 5.91 Å². The lowest BCUT2D eigenvalue weighted by molar-refractivity contribution is 0.0754. The van der Waals surface area contributed by atoms with E-state index in [0.29, 0.717) is 29.3 Å². The zero-order chi connectivity index (χ0) is 25.4. The first-order chi connectivity index (χ1) is 17.4. The van der Waals surface area contributed by atoms with Crippen LogP contribution in [0.5, 0.6) is 0 Å². The van der Waals surface area contributed by atoms with Crippen LogP contribution in [0.4, 0.5) is 4.39 Å². The SMILES string of the molecule is CC(C)N(C)C(=O)c1cc(F)ccc1-n1cc([C@H]2CC[C@@H](N3CCC[C@@H]3CO)CC2)c2ccncc21. The van der Waals surface area contributed by atoms with Crippen molar-refractivity contribution in [2.24, 2.45) is 0 Å². The summed E-state index contributed by atoms with van der Waals surface area (Å²) >= 11 is 0. The predicted molar refractivity (Wildman–Crippen MR) is 140 cm³/mol. The third-order valence-electron chi connectivity index (χ3n) is 8.42. The third kappa shape index (κ3) is 4.55. The van der Waals surface area contributed by atoms with Crippen LogP contribution in [0.2, 0.25) is 0 Å². The highest BCUT2D eigenvalue weighted by Gasteiger charge is 2.34. The van der Waals surface area contributed by atoms with Gasteiger partial charge in [0.05, 0.1) is 29.6 Å². The van der Waals surface area contributed by atoms with Gasteiger partial charge in [-0.1, -0.05) is 0 Å². The van der Waals surface area contributed by atoms with Gasteiger partial charge < -0.3 is 14.6 Å². The summed E-state index contributed by atoms with van der Waals surface area (Å²) in [6.45, 7) is 5.25. The molecule has 7 heteroatoms. The fourth-order valence-electron chi connectivity index (χ4n) is 6.19. The molecule has 1 aromatic carbocycles. The van der Waals surface area contributed by atoms with Crippen molar-refractivity contribution in [2.75, 3.05) is 20.2 Å². The molecule has 3 heterocycles. The van der Waals surface area contributed by atoms with Gasteiger partial charge in [0.1, 0.15) is 5.82 Å². The van der Waals surface area contributed by atoms with E-state index in [9.17, 15) is 14.3 Å². The minimum absolute atomic E-state index is 0.00322. The van der Waals surface area contributed by atoms with Gasteiger partial charge in [-0.25, -0.2) is 4.39 Å². The average molecular weight is 493 g/mol. The highest BCUT2D eigenvalue weighted by atomic mass is 19.1. The molecule has 1 atom stereocenters. The summed E-state index contributed by atoms with van der Waals surface area (Å²) in [6.07, 6.45) is 12.5. The van der Waals surface area contributed by atoms with Crippen LogP contribution in [0.1, 0.15) is 74.2 Å². The van der Waals surface area contributed by atoms with E-state index in [2.05, 4.69) is 22.1 Å². The molecule has 36 heavy (non-hydrogen) atoms. The number of aromatic nitrogens is 2. The number of aliphatic hydroxyl groups is 1. The second-order valence-electron chi connectivity index (χ2n) is 10.7. The molecular weight excluding hydrogens is 455 g/mol. The topological polar surface area (TPSA) is 61.6 Å². The van der Waals surface area contributed by atoms with Crippen LogP contribution in [0.15, 0.2) is 42.9 Å². The summed E-state index contributed by atoms with van der Waals surface area (Å²) in [6, 6.07) is 7.39. The zero-order valence-electron chi connectivity index (χ0n) is 21.5. The maximum atomic E-state index is 14.3. The Kier molecular flexibility index (Phi) is 7.13. The number of hydrogen-bond acceptors (Lipinski definition) is 4. The van der Waals surface area contributed by atoms with Gasteiger partial charge in [-0.05, 0) is 94.7 Å². The van der Waals surface area contributed by atoms with E-state index >= 15 is 0 Å².